The Hall–Kier alpha value is -0.420. The molecule has 0 aromatic heterocycles. The molecule has 13 heavy (non-hydrogen) atoms. The molecule has 0 bridgehead atoms. The highest BCUT2D eigenvalue weighted by Crippen LogP contribution is 2.58. The molecule has 0 N–H and O–H groups in total. The minimum Gasteiger partial charge on any atom is -0.299 e. The predicted molar refractivity (Wildman–Crippen MR) is 45.6 cm³/mol. The molecule has 0 spiro atoms. The van der Waals surface area contributed by atoms with E-state index >= 15 is 0 Å². The van der Waals surface area contributed by atoms with Crippen LogP contribution in [0.4, 0.5) is 0 Å². The lowest BCUT2D eigenvalue weighted by Gasteiger charge is -2.56. The first kappa shape index (κ1) is 9.15. The van der Waals surface area contributed by atoms with Gasteiger partial charge in [0.2, 0.25) is 0 Å². The summed E-state index contributed by atoms with van der Waals surface area (Å²) in [5, 5.41) is 0. The molecule has 5 heteroatoms. The Labute approximate surface area is 77.4 Å². The highest BCUT2D eigenvalue weighted by Gasteiger charge is 2.62. The van der Waals surface area contributed by atoms with Gasteiger partial charge in [0.25, 0.3) is 10.1 Å². The van der Waals surface area contributed by atoms with Gasteiger partial charge in [0, 0.05) is 11.8 Å². The number of carbonyl (C=O) groups is 1. The molecule has 4 nitrogen and oxygen atoms in total. The number of Topliss-reactive ketones (excluding diaryl/α,β-unsaturated/α-hetero) is 1. The van der Waals surface area contributed by atoms with E-state index in [4.69, 9.17) is 0 Å². The Bertz CT molecular complexity index is 345. The van der Waals surface area contributed by atoms with Gasteiger partial charge in [-0.2, -0.15) is 8.42 Å². The molecule has 2 aliphatic rings. The SMILES string of the molecule is COS(=O)(=O)CC12CCC1CC2=O. The van der Waals surface area contributed by atoms with Crippen molar-refractivity contribution in [3.8, 4) is 0 Å². The first-order valence-electron chi connectivity index (χ1n) is 4.32. The van der Waals surface area contributed by atoms with E-state index in [1.165, 1.54) is 0 Å². The molecule has 2 rings (SSSR count). The molecule has 0 aliphatic heterocycles. The molecule has 74 valence electrons. The molecule has 2 fully saturated rings. The third-order valence-electron chi connectivity index (χ3n) is 3.40. The van der Waals surface area contributed by atoms with Gasteiger partial charge in [-0.25, -0.2) is 0 Å². The average Bonchev–Trinajstić information content (AvgIpc) is 2.09. The van der Waals surface area contributed by atoms with Gasteiger partial charge in [-0.1, -0.05) is 0 Å². The number of hydrogen-bond acceptors (Lipinski definition) is 4. The predicted octanol–water partition coefficient (Wildman–Crippen LogP) is 0.332. The van der Waals surface area contributed by atoms with Crippen LogP contribution in [0.3, 0.4) is 0 Å². The number of ketones is 1. The van der Waals surface area contributed by atoms with Crippen LogP contribution in [0.1, 0.15) is 19.3 Å². The van der Waals surface area contributed by atoms with Crippen LogP contribution >= 0.6 is 0 Å². The van der Waals surface area contributed by atoms with Crippen LogP contribution < -0.4 is 0 Å². The summed E-state index contributed by atoms with van der Waals surface area (Å²) in [5.41, 5.74) is -0.547. The van der Waals surface area contributed by atoms with E-state index in [1.54, 1.807) is 0 Å². The van der Waals surface area contributed by atoms with Gasteiger partial charge in [-0.3, -0.25) is 8.98 Å². The first-order chi connectivity index (χ1) is 6.00. The summed E-state index contributed by atoms with van der Waals surface area (Å²) in [6.07, 6.45) is 2.28. The third-order valence-corrected chi connectivity index (χ3v) is 4.77. The molecule has 0 aromatic carbocycles. The van der Waals surface area contributed by atoms with Crippen molar-refractivity contribution < 1.29 is 17.4 Å². The zero-order valence-corrected chi connectivity index (χ0v) is 8.26. The Morgan fingerprint density at radius 1 is 1.62 bits per heavy atom. The van der Waals surface area contributed by atoms with Crippen molar-refractivity contribution in [1.82, 2.24) is 0 Å². The molecule has 0 radical (unpaired) electrons. The van der Waals surface area contributed by atoms with Gasteiger partial charge >= 0.3 is 0 Å². The lowest BCUT2D eigenvalue weighted by molar-refractivity contribution is -0.156. The summed E-state index contributed by atoms with van der Waals surface area (Å²) >= 11 is 0. The molecular formula is C8H12O4S. The first-order valence-corrected chi connectivity index (χ1v) is 5.89. The van der Waals surface area contributed by atoms with Crippen molar-refractivity contribution in [3.63, 3.8) is 0 Å². The second-order valence-electron chi connectivity index (χ2n) is 3.89. The van der Waals surface area contributed by atoms with E-state index in [2.05, 4.69) is 4.18 Å². The van der Waals surface area contributed by atoms with Crippen molar-refractivity contribution in [2.75, 3.05) is 12.9 Å². The molecule has 0 amide bonds. The van der Waals surface area contributed by atoms with Gasteiger partial charge in [-0.05, 0) is 18.8 Å². The smallest absolute Gasteiger partial charge is 0.268 e. The average molecular weight is 204 g/mol. The zero-order valence-electron chi connectivity index (χ0n) is 7.45. The highest BCUT2D eigenvalue weighted by molar-refractivity contribution is 7.86. The van der Waals surface area contributed by atoms with Crippen LogP contribution in [0, 0.1) is 11.3 Å². The molecule has 2 unspecified atom stereocenters. The van der Waals surface area contributed by atoms with Crippen LogP contribution in [0.5, 0.6) is 0 Å². The topological polar surface area (TPSA) is 60.4 Å². The Balaban J connectivity index is 2.14. The Morgan fingerprint density at radius 3 is 2.62 bits per heavy atom. The van der Waals surface area contributed by atoms with Gasteiger partial charge < -0.3 is 0 Å². The monoisotopic (exact) mass is 204 g/mol. The van der Waals surface area contributed by atoms with Gasteiger partial charge in [0.05, 0.1) is 12.9 Å². The van der Waals surface area contributed by atoms with Gasteiger partial charge in [0.15, 0.2) is 0 Å². The third kappa shape index (κ3) is 1.14. The van der Waals surface area contributed by atoms with Crippen LogP contribution in [0.2, 0.25) is 0 Å². The van der Waals surface area contributed by atoms with E-state index < -0.39 is 15.5 Å². The van der Waals surface area contributed by atoms with Crippen molar-refractivity contribution in [1.29, 1.82) is 0 Å². The normalized spacial score (nSPS) is 37.6. The van der Waals surface area contributed by atoms with E-state index in [0.717, 1.165) is 20.0 Å². The number of hydrogen-bond donors (Lipinski definition) is 0. The largest absolute Gasteiger partial charge is 0.299 e. The quantitative estimate of drug-likeness (QED) is 0.622. The maximum absolute atomic E-state index is 11.3. The summed E-state index contributed by atoms with van der Waals surface area (Å²) in [7, 11) is -2.33. The summed E-state index contributed by atoms with van der Waals surface area (Å²) < 4.78 is 26.7. The number of rotatable bonds is 3. The maximum Gasteiger partial charge on any atom is 0.268 e. The number of fused-ring (bicyclic) bond motifs is 1. The molecule has 0 heterocycles. The summed E-state index contributed by atoms with van der Waals surface area (Å²) in [6, 6.07) is 0. The highest BCUT2D eigenvalue weighted by atomic mass is 32.2. The summed E-state index contributed by atoms with van der Waals surface area (Å²) in [5.74, 6) is 0.300. The van der Waals surface area contributed by atoms with Crippen molar-refractivity contribution in [2.45, 2.75) is 19.3 Å². The molecular weight excluding hydrogens is 192 g/mol. The summed E-state index contributed by atoms with van der Waals surface area (Å²) in [4.78, 5) is 11.3. The van der Waals surface area contributed by atoms with Crippen LogP contribution in [-0.2, 0) is 19.1 Å². The van der Waals surface area contributed by atoms with E-state index in [-0.39, 0.29) is 11.5 Å². The fourth-order valence-electron chi connectivity index (χ4n) is 2.30. The fraction of sp³-hybridized carbons (Fsp3) is 0.875. The minimum atomic E-state index is -3.47. The zero-order chi connectivity index (χ0) is 9.69. The summed E-state index contributed by atoms with van der Waals surface area (Å²) in [6.45, 7) is 0. The molecule has 0 aromatic rings. The van der Waals surface area contributed by atoms with Crippen LogP contribution in [0.25, 0.3) is 0 Å². The second kappa shape index (κ2) is 2.54. The molecule has 2 aliphatic carbocycles. The van der Waals surface area contributed by atoms with Gasteiger partial charge in [-0.15, -0.1) is 0 Å². The van der Waals surface area contributed by atoms with Crippen LogP contribution in [-0.4, -0.2) is 27.1 Å². The molecule has 2 atom stereocenters. The van der Waals surface area contributed by atoms with Crippen molar-refractivity contribution in [2.24, 2.45) is 11.3 Å². The van der Waals surface area contributed by atoms with Crippen molar-refractivity contribution >= 4 is 15.9 Å². The molecule has 2 saturated carbocycles. The Kier molecular flexibility index (Phi) is 1.79. The number of carbonyl (C=O) groups excluding carboxylic acids is 1. The van der Waals surface area contributed by atoms with E-state index in [9.17, 15) is 13.2 Å². The second-order valence-corrected chi connectivity index (χ2v) is 5.63. The fourth-order valence-corrected chi connectivity index (χ4v) is 3.59. The van der Waals surface area contributed by atoms with E-state index in [1.807, 2.05) is 0 Å². The Morgan fingerprint density at radius 2 is 2.31 bits per heavy atom. The standard InChI is InChI=1S/C8H12O4S/c1-12-13(10,11)5-8-3-2-6(8)4-7(8)9/h6H,2-5H2,1H3. The van der Waals surface area contributed by atoms with Crippen molar-refractivity contribution in [3.05, 3.63) is 0 Å². The van der Waals surface area contributed by atoms with Crippen LogP contribution in [0.15, 0.2) is 0 Å². The van der Waals surface area contributed by atoms with E-state index in [0.29, 0.717) is 12.3 Å². The lowest BCUT2D eigenvalue weighted by atomic mass is 9.48. The van der Waals surface area contributed by atoms with Gasteiger partial charge in [0.1, 0.15) is 5.78 Å². The molecule has 0 saturated heterocycles. The maximum atomic E-state index is 11.3. The minimum absolute atomic E-state index is 0.101. The lowest BCUT2D eigenvalue weighted by Crippen LogP contribution is -2.60.